The van der Waals surface area contributed by atoms with E-state index in [-0.39, 0.29) is 17.6 Å². The fourth-order valence-corrected chi connectivity index (χ4v) is 3.96. The number of aliphatic hydroxyl groups excluding tert-OH is 1. The SMILES string of the molecule is CN1/C(=C/C=NC[C@H](O)c2ccc([N+](=O)[O-])cc2)C(C)(C)[C@H]2C=CC=C[C@@H]21. The van der Waals surface area contributed by atoms with Gasteiger partial charge in [-0.3, -0.25) is 15.1 Å². The first-order chi connectivity index (χ1) is 12.8. The standard InChI is InChI=1S/C21H25N3O3/c1-21(2)17-6-4-5-7-18(17)23(3)20(21)12-13-22-14-19(25)15-8-10-16(11-9-15)24(26)27/h4-13,17-19,25H,14H2,1-3H3/b20-12+,22-13?/t17-,18-,19-/m0/s1. The number of likely N-dealkylation sites (N-methyl/N-ethyl adjacent to an activating group) is 1. The first kappa shape index (κ1) is 19.0. The van der Waals surface area contributed by atoms with Crippen molar-refractivity contribution in [3.05, 3.63) is 76.0 Å². The molecule has 1 aliphatic carbocycles. The highest BCUT2D eigenvalue weighted by Gasteiger charge is 2.46. The van der Waals surface area contributed by atoms with Gasteiger partial charge in [-0.25, -0.2) is 0 Å². The molecule has 1 saturated heterocycles. The summed E-state index contributed by atoms with van der Waals surface area (Å²) in [4.78, 5) is 16.9. The molecule has 6 nitrogen and oxygen atoms in total. The molecule has 0 spiro atoms. The normalized spacial score (nSPS) is 25.9. The van der Waals surface area contributed by atoms with Gasteiger partial charge < -0.3 is 10.0 Å². The molecular weight excluding hydrogens is 342 g/mol. The van der Waals surface area contributed by atoms with E-state index in [1.165, 1.54) is 17.8 Å². The topological polar surface area (TPSA) is 79.0 Å². The Hall–Kier alpha value is -2.73. The van der Waals surface area contributed by atoms with Gasteiger partial charge in [0.15, 0.2) is 0 Å². The van der Waals surface area contributed by atoms with E-state index in [0.29, 0.717) is 17.5 Å². The number of allylic oxidation sites excluding steroid dienone is 4. The Bertz CT molecular complexity index is 822. The number of nitro benzene ring substituents is 1. The zero-order valence-electron chi connectivity index (χ0n) is 15.8. The first-order valence-corrected chi connectivity index (χ1v) is 9.03. The molecule has 1 aromatic rings. The quantitative estimate of drug-likeness (QED) is 0.489. The molecule has 6 heteroatoms. The molecule has 142 valence electrons. The number of aliphatic imine (C=N–C) groups is 1. The fourth-order valence-electron chi connectivity index (χ4n) is 3.96. The van der Waals surface area contributed by atoms with Crippen molar-refractivity contribution >= 4 is 11.9 Å². The molecule has 0 saturated carbocycles. The third kappa shape index (κ3) is 3.71. The minimum Gasteiger partial charge on any atom is -0.386 e. The molecule has 0 aromatic heterocycles. The molecule has 3 rings (SSSR count). The van der Waals surface area contributed by atoms with Crippen molar-refractivity contribution in [3.63, 3.8) is 0 Å². The highest BCUT2D eigenvalue weighted by molar-refractivity contribution is 5.72. The summed E-state index contributed by atoms with van der Waals surface area (Å²) in [5, 5.41) is 20.9. The van der Waals surface area contributed by atoms with Gasteiger partial charge in [-0.05, 0) is 23.8 Å². The van der Waals surface area contributed by atoms with Crippen LogP contribution in [0.1, 0.15) is 25.5 Å². The molecular formula is C21H25N3O3. The molecule has 27 heavy (non-hydrogen) atoms. The van der Waals surface area contributed by atoms with Crippen LogP contribution < -0.4 is 0 Å². The van der Waals surface area contributed by atoms with Crippen LogP contribution in [0.5, 0.6) is 0 Å². The summed E-state index contributed by atoms with van der Waals surface area (Å²) in [7, 11) is 2.10. The first-order valence-electron chi connectivity index (χ1n) is 9.03. The lowest BCUT2D eigenvalue weighted by molar-refractivity contribution is -0.384. The van der Waals surface area contributed by atoms with Gasteiger partial charge in [-0.15, -0.1) is 0 Å². The summed E-state index contributed by atoms with van der Waals surface area (Å²) >= 11 is 0. The molecule has 0 radical (unpaired) electrons. The van der Waals surface area contributed by atoms with Crippen LogP contribution >= 0.6 is 0 Å². The molecule has 1 heterocycles. The molecule has 0 bridgehead atoms. The summed E-state index contributed by atoms with van der Waals surface area (Å²) < 4.78 is 0. The van der Waals surface area contributed by atoms with Gasteiger partial charge in [0.2, 0.25) is 0 Å². The van der Waals surface area contributed by atoms with Gasteiger partial charge in [0.1, 0.15) is 0 Å². The Labute approximate surface area is 159 Å². The average Bonchev–Trinajstić information content (AvgIpc) is 2.85. The third-order valence-corrected chi connectivity index (χ3v) is 5.53. The Morgan fingerprint density at radius 2 is 1.96 bits per heavy atom. The summed E-state index contributed by atoms with van der Waals surface area (Å²) in [5.74, 6) is 0.429. The van der Waals surface area contributed by atoms with E-state index < -0.39 is 11.0 Å². The molecule has 1 fully saturated rings. The van der Waals surface area contributed by atoms with Gasteiger partial charge in [0.05, 0.1) is 23.6 Å². The largest absolute Gasteiger partial charge is 0.386 e. The van der Waals surface area contributed by atoms with Crippen LogP contribution in [0.4, 0.5) is 5.69 Å². The lowest BCUT2D eigenvalue weighted by atomic mass is 9.75. The van der Waals surface area contributed by atoms with Gasteiger partial charge in [0, 0.05) is 42.4 Å². The number of nitrogens with zero attached hydrogens (tertiary/aromatic N) is 3. The maximum atomic E-state index is 10.7. The van der Waals surface area contributed by atoms with Crippen LogP contribution in [0.2, 0.25) is 0 Å². The molecule has 2 aliphatic rings. The van der Waals surface area contributed by atoms with Gasteiger partial charge in [-0.1, -0.05) is 38.2 Å². The van der Waals surface area contributed by atoms with Crippen molar-refractivity contribution in [3.8, 4) is 0 Å². The van der Waals surface area contributed by atoms with Crippen molar-refractivity contribution in [1.29, 1.82) is 0 Å². The van der Waals surface area contributed by atoms with Crippen LogP contribution in [0, 0.1) is 21.4 Å². The number of benzene rings is 1. The highest BCUT2D eigenvalue weighted by Crippen LogP contribution is 2.49. The van der Waals surface area contributed by atoms with Gasteiger partial charge in [-0.2, -0.15) is 0 Å². The smallest absolute Gasteiger partial charge is 0.269 e. The second-order valence-electron chi connectivity index (χ2n) is 7.55. The number of hydrogen-bond donors (Lipinski definition) is 1. The lowest BCUT2D eigenvalue weighted by Crippen LogP contribution is -2.27. The second kappa shape index (κ2) is 7.48. The number of fused-ring (bicyclic) bond motifs is 1. The van der Waals surface area contributed by atoms with Gasteiger partial charge >= 0.3 is 0 Å². The van der Waals surface area contributed by atoms with Crippen LogP contribution in [-0.2, 0) is 0 Å². The molecule has 1 aromatic carbocycles. The van der Waals surface area contributed by atoms with E-state index in [9.17, 15) is 15.2 Å². The summed E-state index contributed by atoms with van der Waals surface area (Å²) in [6.45, 7) is 4.69. The van der Waals surface area contributed by atoms with E-state index in [0.717, 1.165) is 0 Å². The molecule has 1 N–H and O–H groups in total. The van der Waals surface area contributed by atoms with E-state index in [1.54, 1.807) is 18.3 Å². The summed E-state index contributed by atoms with van der Waals surface area (Å²) in [6, 6.07) is 6.27. The zero-order valence-corrected chi connectivity index (χ0v) is 15.8. The van der Waals surface area contributed by atoms with Gasteiger partial charge in [0.25, 0.3) is 5.69 Å². The predicted molar refractivity (Wildman–Crippen MR) is 107 cm³/mol. The van der Waals surface area contributed by atoms with E-state index in [4.69, 9.17) is 0 Å². The highest BCUT2D eigenvalue weighted by atomic mass is 16.6. The summed E-state index contributed by atoms with van der Waals surface area (Å²) in [6.07, 6.45) is 11.7. The minimum atomic E-state index is -0.789. The monoisotopic (exact) mass is 367 g/mol. The number of aliphatic hydroxyl groups is 1. The van der Waals surface area contributed by atoms with Crippen LogP contribution in [0.25, 0.3) is 0 Å². The average molecular weight is 367 g/mol. The van der Waals surface area contributed by atoms with Crippen LogP contribution in [0.3, 0.4) is 0 Å². The van der Waals surface area contributed by atoms with E-state index in [2.05, 4.69) is 55.1 Å². The number of hydrogen-bond acceptors (Lipinski definition) is 5. The van der Waals surface area contributed by atoms with E-state index >= 15 is 0 Å². The molecule has 0 unspecified atom stereocenters. The Morgan fingerprint density at radius 1 is 1.30 bits per heavy atom. The Balaban J connectivity index is 1.66. The van der Waals surface area contributed by atoms with Crippen molar-refractivity contribution in [2.45, 2.75) is 26.0 Å². The zero-order chi connectivity index (χ0) is 19.6. The number of likely N-dealkylation sites (tertiary alicyclic amines) is 1. The third-order valence-electron chi connectivity index (χ3n) is 5.53. The minimum absolute atomic E-state index is 0.00365. The molecule has 1 aliphatic heterocycles. The number of rotatable bonds is 5. The van der Waals surface area contributed by atoms with Crippen molar-refractivity contribution in [2.24, 2.45) is 16.3 Å². The summed E-state index contributed by atoms with van der Waals surface area (Å²) in [5.41, 5.74) is 1.84. The Kier molecular flexibility index (Phi) is 5.28. The van der Waals surface area contributed by atoms with E-state index in [1.807, 2.05) is 6.08 Å². The number of nitro groups is 1. The number of non-ortho nitro benzene ring substituents is 1. The van der Waals surface area contributed by atoms with Crippen LogP contribution in [-0.4, -0.2) is 40.8 Å². The maximum absolute atomic E-state index is 10.7. The maximum Gasteiger partial charge on any atom is 0.269 e. The molecule has 0 amide bonds. The predicted octanol–water partition coefficient (Wildman–Crippen LogP) is 3.67. The lowest BCUT2D eigenvalue weighted by Gasteiger charge is -2.26. The van der Waals surface area contributed by atoms with Crippen LogP contribution in [0.15, 0.2) is 65.3 Å². The van der Waals surface area contributed by atoms with Crippen molar-refractivity contribution in [1.82, 2.24) is 4.90 Å². The molecule has 3 atom stereocenters. The van der Waals surface area contributed by atoms with Crippen molar-refractivity contribution in [2.75, 3.05) is 13.6 Å². The second-order valence-corrected chi connectivity index (χ2v) is 7.55. The van der Waals surface area contributed by atoms with Crippen molar-refractivity contribution < 1.29 is 10.0 Å². The fraction of sp³-hybridized carbons (Fsp3) is 0.381. The Morgan fingerprint density at radius 3 is 2.59 bits per heavy atom.